The van der Waals surface area contributed by atoms with Gasteiger partial charge in [-0.25, -0.2) is 9.98 Å². The van der Waals surface area contributed by atoms with Gasteiger partial charge >= 0.3 is 0 Å². The highest BCUT2D eigenvalue weighted by molar-refractivity contribution is 7.28. The highest BCUT2D eigenvalue weighted by atomic mass is 32.1. The molecule has 1 aliphatic heterocycles. The fourth-order valence-corrected chi connectivity index (χ4v) is 8.46. The number of nitrogens with one attached hydrogen (secondary N) is 1. The number of amidine groups is 2. The Morgan fingerprint density at radius 2 is 1.25 bits per heavy atom. The van der Waals surface area contributed by atoms with E-state index in [2.05, 4.69) is 15.3 Å². The smallest absolute Gasteiger partial charge is 0.171 e. The lowest BCUT2D eigenvalue weighted by atomic mass is 10.0. The van der Waals surface area contributed by atoms with Gasteiger partial charge in [-0.1, -0.05) is 84.6 Å². The lowest BCUT2D eigenvalue weighted by Crippen LogP contribution is -2.36. The Hall–Kier alpha value is -6.48. The summed E-state index contributed by atoms with van der Waals surface area (Å²) in [5.74, 6) is -3.15. The van der Waals surface area contributed by atoms with Gasteiger partial charge in [-0.3, -0.25) is 0 Å². The molecule has 0 bridgehead atoms. The van der Waals surface area contributed by atoms with Gasteiger partial charge in [0.1, 0.15) is 23.2 Å². The van der Waals surface area contributed by atoms with Gasteiger partial charge in [0.2, 0.25) is 0 Å². The van der Waals surface area contributed by atoms with Crippen LogP contribution in [0.25, 0.3) is 67.8 Å². The summed E-state index contributed by atoms with van der Waals surface area (Å²) < 4.78 is 214. The van der Waals surface area contributed by atoms with Crippen LogP contribution in [0.5, 0.6) is 11.5 Å². The fourth-order valence-electron chi connectivity index (χ4n) is 6.36. The van der Waals surface area contributed by atoms with Gasteiger partial charge in [0.15, 0.2) is 6.17 Å². The summed E-state index contributed by atoms with van der Waals surface area (Å²) in [6.07, 6.45) is -1.88. The van der Waals surface area contributed by atoms with Crippen molar-refractivity contribution in [2.75, 3.05) is 0 Å². The number of thiophene rings is 2. The number of hydrogen-bond donors (Lipinski definition) is 3. The molecule has 0 saturated heterocycles. The van der Waals surface area contributed by atoms with Crippen molar-refractivity contribution in [3.05, 3.63) is 162 Å². The second-order valence-corrected chi connectivity index (χ2v) is 13.5. The molecule has 252 valence electrons. The molecule has 0 fully saturated rings. The van der Waals surface area contributed by atoms with Crippen molar-refractivity contribution in [3.8, 4) is 17.2 Å². The molecule has 0 saturated carbocycles. The van der Waals surface area contributed by atoms with E-state index in [4.69, 9.17) is 21.9 Å². The first-order chi connectivity index (χ1) is 36.1. The summed E-state index contributed by atoms with van der Waals surface area (Å²) in [5.41, 5.74) is -3.17. The maximum absolute atomic E-state index is 11.4. The third-order valence-corrected chi connectivity index (χ3v) is 10.7. The molecule has 3 N–H and O–H groups in total. The molecule has 1 unspecified atom stereocenters. The van der Waals surface area contributed by atoms with E-state index in [1.807, 2.05) is 0 Å². The van der Waals surface area contributed by atoms with Crippen LogP contribution in [0.15, 0.2) is 155 Å². The van der Waals surface area contributed by atoms with Crippen molar-refractivity contribution in [3.63, 3.8) is 0 Å². The Labute approximate surface area is 344 Å². The molecule has 6 nitrogen and oxygen atoms in total. The Kier molecular flexibility index (Phi) is 3.23. The number of aromatic nitrogens is 1. The zero-order chi connectivity index (χ0) is 56.1. The molecule has 0 amide bonds. The second kappa shape index (κ2) is 11.5. The first-order valence-corrected chi connectivity index (χ1v) is 17.1. The number of para-hydroxylation sites is 1. The number of phenols is 2. The van der Waals surface area contributed by atoms with Gasteiger partial charge in [-0.15, -0.1) is 22.7 Å². The number of rotatable bonds is 4. The molecule has 0 aliphatic carbocycles. The second-order valence-electron chi connectivity index (χ2n) is 11.5. The molecule has 0 spiro atoms. The predicted molar refractivity (Wildman–Crippen MR) is 222 cm³/mol. The molecular weight excluding hydrogens is 693 g/mol. The predicted octanol–water partition coefficient (Wildman–Crippen LogP) is 11.4. The molecular formula is C45H28N4O2S2. The van der Waals surface area contributed by atoms with E-state index >= 15 is 0 Å². The van der Waals surface area contributed by atoms with Crippen molar-refractivity contribution in [1.29, 1.82) is 0 Å². The SMILES string of the molecule is [2H]c1c([2H])c([2H])c(C2=NC(c3c([2H])c([2H])c([2H])c4c3sc3c([2H])c([2H])c5sc6c([2H])c([2H])c(-n7c8c([2H])c([2H])c([2H])c([2H])c8c8c(O)c([2H])c([2H])c([2H])c87)c([2H])c6c5c34)N=C(c3c([2H])c([2H])c([2H])c(O)c3[2H])N2)c([2H])c1[2H]. The largest absolute Gasteiger partial charge is 0.508 e. The topological polar surface area (TPSA) is 82.1 Å². The molecule has 3 aromatic heterocycles. The first kappa shape index (κ1) is 14.9. The van der Waals surface area contributed by atoms with Gasteiger partial charge in [-0.05, 0) is 60.4 Å². The lowest BCUT2D eigenvalue weighted by Gasteiger charge is -2.22. The zero-order valence-electron chi connectivity index (χ0n) is 50.1. The Morgan fingerprint density at radius 3 is 2.13 bits per heavy atom. The van der Waals surface area contributed by atoms with E-state index < -0.39 is 213 Å². The quantitative estimate of drug-likeness (QED) is 0.168. The molecule has 7 aromatic carbocycles. The Morgan fingerprint density at radius 1 is 0.566 bits per heavy atom. The van der Waals surface area contributed by atoms with Crippen LogP contribution in [0.4, 0.5) is 0 Å². The molecule has 4 heterocycles. The maximum Gasteiger partial charge on any atom is 0.171 e. The minimum Gasteiger partial charge on any atom is -0.508 e. The third kappa shape index (κ3) is 4.63. The van der Waals surface area contributed by atoms with Gasteiger partial charge in [0, 0.05) is 73.5 Å². The van der Waals surface area contributed by atoms with Crippen LogP contribution in [0.1, 0.15) is 55.8 Å². The van der Waals surface area contributed by atoms with E-state index in [0.29, 0.717) is 22.7 Å². The minimum absolute atomic E-state index is 0.0769. The van der Waals surface area contributed by atoms with Crippen LogP contribution in [0, 0.1) is 0 Å². The van der Waals surface area contributed by atoms with Crippen LogP contribution in [0.2, 0.25) is 0 Å². The van der Waals surface area contributed by atoms with Crippen LogP contribution < -0.4 is 5.32 Å². The van der Waals surface area contributed by atoms with E-state index in [1.165, 1.54) is 0 Å². The zero-order valence-corrected chi connectivity index (χ0v) is 27.8. The van der Waals surface area contributed by atoms with Crippen LogP contribution in [-0.4, -0.2) is 26.5 Å². The average molecular weight is 745 g/mol. The number of hydrogen-bond acceptors (Lipinski definition) is 7. The van der Waals surface area contributed by atoms with Gasteiger partial charge < -0.3 is 20.1 Å². The Bertz CT molecular complexity index is 4370. The summed E-state index contributed by atoms with van der Waals surface area (Å²) in [6, 6.07) is -18.3. The lowest BCUT2D eigenvalue weighted by molar-refractivity contribution is 0.475. The number of aromatic hydroxyl groups is 2. The number of aliphatic imine (C=N–C) groups is 2. The Balaban J connectivity index is 1.30. The highest BCUT2D eigenvalue weighted by Crippen LogP contribution is 2.47. The fraction of sp³-hybridized carbons (Fsp3) is 0.0222. The van der Waals surface area contributed by atoms with Crippen LogP contribution in [-0.2, 0) is 0 Å². The standard InChI is InChI=1S/C45H28N4O2S2/c50-28-12-6-11-26(23-28)44-46-43(25-9-2-1-3-10-25)47-45(48-44)31-15-7-14-30-40-38(53-42(30)31)22-21-37-41(40)32-24-27(19-20-36(32)52-37)49-33-16-5-4-13-29(33)39-34(49)17-8-18-35(39)51/h1-24,45,50-51H,(H,46,47,48)/i1D,2D,3D,4D,5D,6D,7D,8D,9D,10D,11D,12D,13D,14D,15D,16D,17D,18D,19D,20D,21D,22D,23D,24D. The van der Waals surface area contributed by atoms with E-state index in [0.717, 1.165) is 4.57 Å². The molecule has 0 radical (unpaired) electrons. The van der Waals surface area contributed by atoms with Crippen LogP contribution >= 0.6 is 22.7 Å². The minimum atomic E-state index is -1.88. The van der Waals surface area contributed by atoms with Gasteiger partial charge in [0.05, 0.1) is 43.9 Å². The maximum atomic E-state index is 11.4. The summed E-state index contributed by atoms with van der Waals surface area (Å²) >= 11 is 1.42. The number of fused-ring (bicyclic) bond motifs is 10. The average Bonchev–Trinajstić information content (AvgIpc) is 4.32. The normalized spacial score (nSPS) is 21.1. The van der Waals surface area contributed by atoms with Crippen molar-refractivity contribution in [2.45, 2.75) is 6.17 Å². The van der Waals surface area contributed by atoms with Crippen LogP contribution in [0.3, 0.4) is 0 Å². The third-order valence-electron chi connectivity index (χ3n) is 8.53. The molecule has 53 heavy (non-hydrogen) atoms. The van der Waals surface area contributed by atoms with Gasteiger partial charge in [0.25, 0.3) is 0 Å². The van der Waals surface area contributed by atoms with Gasteiger partial charge in [-0.2, -0.15) is 0 Å². The first-order valence-electron chi connectivity index (χ1n) is 27.4. The van der Waals surface area contributed by atoms with E-state index in [1.54, 1.807) is 0 Å². The molecule has 10 aromatic rings. The highest BCUT2D eigenvalue weighted by Gasteiger charge is 2.25. The molecule has 8 heteroatoms. The van der Waals surface area contributed by atoms with E-state index in [-0.39, 0.29) is 45.9 Å². The van der Waals surface area contributed by atoms with E-state index in [9.17, 15) is 21.2 Å². The summed E-state index contributed by atoms with van der Waals surface area (Å²) in [6.45, 7) is 0. The summed E-state index contributed by atoms with van der Waals surface area (Å²) in [7, 11) is 0. The van der Waals surface area contributed by atoms with Crippen molar-refractivity contribution < 1.29 is 43.1 Å². The molecule has 11 rings (SSSR count). The van der Waals surface area contributed by atoms with Crippen molar-refractivity contribution in [1.82, 2.24) is 9.88 Å². The number of phenolic OH excluding ortho intramolecular Hbond substituents is 2. The summed E-state index contributed by atoms with van der Waals surface area (Å²) in [4.78, 5) is 9.13. The van der Waals surface area contributed by atoms with Crippen molar-refractivity contribution in [2.24, 2.45) is 9.98 Å². The number of nitrogens with zero attached hydrogens (tertiary/aromatic N) is 3. The van der Waals surface area contributed by atoms with Crippen molar-refractivity contribution >= 4 is 96.5 Å². The molecule has 1 aliphatic rings. The summed E-state index contributed by atoms with van der Waals surface area (Å²) in [5, 5.41) is 23.3. The number of benzene rings is 7. The monoisotopic (exact) mass is 744 g/mol. The molecule has 1 atom stereocenters.